The van der Waals surface area contributed by atoms with Crippen LogP contribution in [-0.2, 0) is 4.79 Å². The molecular formula is C10H10FNO2S. The molecule has 0 radical (unpaired) electrons. The van der Waals surface area contributed by atoms with Gasteiger partial charge >= 0.3 is 5.97 Å². The molecule has 1 atom stereocenters. The number of benzene rings is 1. The maximum Gasteiger partial charge on any atom is 0.327 e. The summed E-state index contributed by atoms with van der Waals surface area (Å²) < 4.78 is 13.0. The molecule has 1 unspecified atom stereocenters. The Morgan fingerprint density at radius 2 is 2.40 bits per heavy atom. The van der Waals surface area contributed by atoms with Gasteiger partial charge in [0.25, 0.3) is 0 Å². The van der Waals surface area contributed by atoms with E-state index in [1.165, 1.54) is 23.9 Å². The maximum absolute atomic E-state index is 13.0. The first kappa shape index (κ1) is 10.3. The molecule has 0 saturated carbocycles. The molecule has 1 aliphatic rings. The summed E-state index contributed by atoms with van der Waals surface area (Å²) >= 11 is 1.45. The Balaban J connectivity index is 2.40. The minimum atomic E-state index is -0.875. The van der Waals surface area contributed by atoms with Gasteiger partial charge in [0.15, 0.2) is 0 Å². The molecule has 0 saturated heterocycles. The minimum absolute atomic E-state index is 0.341. The fraction of sp³-hybridized carbons (Fsp3) is 0.300. The Morgan fingerprint density at radius 1 is 1.67 bits per heavy atom. The molecule has 1 aliphatic heterocycles. The van der Waals surface area contributed by atoms with Crippen LogP contribution in [0.2, 0.25) is 0 Å². The van der Waals surface area contributed by atoms with Gasteiger partial charge in [0.1, 0.15) is 11.9 Å². The van der Waals surface area contributed by atoms with Gasteiger partial charge in [0.05, 0.1) is 5.69 Å². The number of anilines is 1. The molecule has 15 heavy (non-hydrogen) atoms. The summed E-state index contributed by atoms with van der Waals surface area (Å²) in [5, 5.41) is 8.95. The van der Waals surface area contributed by atoms with Crippen molar-refractivity contribution >= 4 is 23.4 Å². The molecular weight excluding hydrogens is 217 g/mol. The van der Waals surface area contributed by atoms with Crippen molar-refractivity contribution in [2.45, 2.75) is 10.9 Å². The Labute approximate surface area is 90.9 Å². The average Bonchev–Trinajstić information content (AvgIpc) is 2.19. The van der Waals surface area contributed by atoms with Gasteiger partial charge in [-0.2, -0.15) is 0 Å². The molecule has 0 aromatic heterocycles. The fourth-order valence-corrected chi connectivity index (χ4v) is 2.79. The first-order valence-electron chi connectivity index (χ1n) is 4.47. The standard InChI is InChI=1S/C10H10FNO2S/c1-12-7-4-6(11)2-3-9(7)15-5-8(12)10(13)14/h2-4,8H,5H2,1H3,(H,13,14). The fourth-order valence-electron chi connectivity index (χ4n) is 1.57. The Morgan fingerprint density at radius 3 is 3.07 bits per heavy atom. The summed E-state index contributed by atoms with van der Waals surface area (Å²) in [7, 11) is 1.68. The number of nitrogens with zero attached hydrogens (tertiary/aromatic N) is 1. The van der Waals surface area contributed by atoms with E-state index in [1.807, 2.05) is 0 Å². The van der Waals surface area contributed by atoms with E-state index >= 15 is 0 Å². The normalized spacial score (nSPS) is 19.9. The van der Waals surface area contributed by atoms with Crippen molar-refractivity contribution in [1.29, 1.82) is 0 Å². The van der Waals surface area contributed by atoms with Gasteiger partial charge in [0, 0.05) is 17.7 Å². The third-order valence-corrected chi connectivity index (χ3v) is 3.59. The highest BCUT2D eigenvalue weighted by Crippen LogP contribution is 2.36. The summed E-state index contributed by atoms with van der Waals surface area (Å²) in [4.78, 5) is 13.4. The zero-order chi connectivity index (χ0) is 11.0. The summed E-state index contributed by atoms with van der Waals surface area (Å²) in [6, 6.07) is 3.87. The quantitative estimate of drug-likeness (QED) is 0.794. The number of aliphatic carboxylic acids is 1. The number of fused-ring (bicyclic) bond motifs is 1. The molecule has 1 aromatic carbocycles. The van der Waals surface area contributed by atoms with Crippen molar-refractivity contribution in [3.05, 3.63) is 24.0 Å². The summed E-state index contributed by atoms with van der Waals surface area (Å²) in [6.07, 6.45) is 0. The lowest BCUT2D eigenvalue weighted by molar-refractivity contribution is -0.138. The molecule has 0 spiro atoms. The molecule has 1 heterocycles. The zero-order valence-electron chi connectivity index (χ0n) is 8.11. The van der Waals surface area contributed by atoms with Gasteiger partial charge in [-0.15, -0.1) is 11.8 Å². The third kappa shape index (κ3) is 1.79. The van der Waals surface area contributed by atoms with E-state index in [4.69, 9.17) is 5.11 Å². The second kappa shape index (κ2) is 3.73. The molecule has 1 N–H and O–H groups in total. The Kier molecular flexibility index (Phi) is 2.56. The smallest absolute Gasteiger partial charge is 0.327 e. The first-order chi connectivity index (χ1) is 7.09. The van der Waals surface area contributed by atoms with E-state index in [0.29, 0.717) is 11.4 Å². The van der Waals surface area contributed by atoms with Crippen LogP contribution < -0.4 is 4.90 Å². The number of carbonyl (C=O) groups is 1. The lowest BCUT2D eigenvalue weighted by atomic mass is 10.2. The molecule has 0 bridgehead atoms. The number of hydrogen-bond acceptors (Lipinski definition) is 3. The molecule has 0 aliphatic carbocycles. The Bertz CT molecular complexity index is 410. The number of thioether (sulfide) groups is 1. The van der Waals surface area contributed by atoms with Crippen LogP contribution in [0.15, 0.2) is 23.1 Å². The number of hydrogen-bond donors (Lipinski definition) is 1. The number of halogens is 1. The predicted octanol–water partition coefficient (Wildman–Crippen LogP) is 1.82. The largest absolute Gasteiger partial charge is 0.480 e. The molecule has 0 amide bonds. The van der Waals surface area contributed by atoms with Crippen LogP contribution in [0.25, 0.3) is 0 Å². The highest BCUT2D eigenvalue weighted by Gasteiger charge is 2.29. The van der Waals surface area contributed by atoms with Gasteiger partial charge < -0.3 is 10.0 Å². The van der Waals surface area contributed by atoms with Crippen LogP contribution in [0, 0.1) is 5.82 Å². The lowest BCUT2D eigenvalue weighted by Gasteiger charge is -2.32. The second-order valence-electron chi connectivity index (χ2n) is 3.39. The first-order valence-corrected chi connectivity index (χ1v) is 5.46. The number of carboxylic acid groups (broad SMARTS) is 1. The van der Waals surface area contributed by atoms with Gasteiger partial charge in [-0.3, -0.25) is 0 Å². The van der Waals surface area contributed by atoms with Gasteiger partial charge in [0.2, 0.25) is 0 Å². The monoisotopic (exact) mass is 227 g/mol. The SMILES string of the molecule is CN1c2cc(F)ccc2SCC1C(=O)O. The van der Waals surface area contributed by atoms with E-state index in [0.717, 1.165) is 4.90 Å². The highest BCUT2D eigenvalue weighted by atomic mass is 32.2. The summed E-state index contributed by atoms with van der Waals surface area (Å²) in [5.41, 5.74) is 0.652. The van der Waals surface area contributed by atoms with Gasteiger partial charge in [-0.1, -0.05) is 0 Å². The van der Waals surface area contributed by atoms with Crippen molar-refractivity contribution in [3.8, 4) is 0 Å². The van der Waals surface area contributed by atoms with E-state index in [-0.39, 0.29) is 5.82 Å². The lowest BCUT2D eigenvalue weighted by Crippen LogP contribution is -2.42. The molecule has 5 heteroatoms. The van der Waals surface area contributed by atoms with Crippen molar-refractivity contribution < 1.29 is 14.3 Å². The number of carboxylic acids is 1. The van der Waals surface area contributed by atoms with Crippen molar-refractivity contribution in [1.82, 2.24) is 0 Å². The maximum atomic E-state index is 13.0. The predicted molar refractivity (Wildman–Crippen MR) is 57.0 cm³/mol. The van der Waals surface area contributed by atoms with Crippen LogP contribution in [-0.4, -0.2) is 29.9 Å². The number of rotatable bonds is 1. The van der Waals surface area contributed by atoms with Crippen molar-refractivity contribution in [2.75, 3.05) is 17.7 Å². The van der Waals surface area contributed by atoms with E-state index in [2.05, 4.69) is 0 Å². The highest BCUT2D eigenvalue weighted by molar-refractivity contribution is 7.99. The second-order valence-corrected chi connectivity index (χ2v) is 4.45. The Hall–Kier alpha value is -1.23. The van der Waals surface area contributed by atoms with Crippen LogP contribution >= 0.6 is 11.8 Å². The van der Waals surface area contributed by atoms with Crippen molar-refractivity contribution in [2.24, 2.45) is 0 Å². The summed E-state index contributed by atoms with van der Waals surface area (Å²) in [6.45, 7) is 0. The van der Waals surface area contributed by atoms with Crippen LogP contribution in [0.5, 0.6) is 0 Å². The van der Waals surface area contributed by atoms with Crippen molar-refractivity contribution in [3.63, 3.8) is 0 Å². The van der Waals surface area contributed by atoms with Crippen LogP contribution in [0.3, 0.4) is 0 Å². The van der Waals surface area contributed by atoms with Gasteiger partial charge in [-0.05, 0) is 18.2 Å². The zero-order valence-corrected chi connectivity index (χ0v) is 8.92. The topological polar surface area (TPSA) is 40.5 Å². The molecule has 80 valence electrons. The van der Waals surface area contributed by atoms with E-state index in [1.54, 1.807) is 18.0 Å². The third-order valence-electron chi connectivity index (χ3n) is 2.45. The molecule has 0 fully saturated rings. The summed E-state index contributed by atoms with van der Waals surface area (Å²) in [5.74, 6) is -0.725. The van der Waals surface area contributed by atoms with E-state index < -0.39 is 12.0 Å². The van der Waals surface area contributed by atoms with E-state index in [9.17, 15) is 9.18 Å². The number of likely N-dealkylation sites (N-methyl/N-ethyl adjacent to an activating group) is 1. The minimum Gasteiger partial charge on any atom is -0.480 e. The molecule has 1 aromatic rings. The molecule has 2 rings (SSSR count). The van der Waals surface area contributed by atoms with Gasteiger partial charge in [-0.25, -0.2) is 9.18 Å². The van der Waals surface area contributed by atoms with Crippen LogP contribution in [0.1, 0.15) is 0 Å². The molecule has 3 nitrogen and oxygen atoms in total. The average molecular weight is 227 g/mol. The van der Waals surface area contributed by atoms with Crippen LogP contribution in [0.4, 0.5) is 10.1 Å².